The lowest BCUT2D eigenvalue weighted by Gasteiger charge is -2.19. The first kappa shape index (κ1) is 15.8. The van der Waals surface area contributed by atoms with E-state index >= 15 is 0 Å². The summed E-state index contributed by atoms with van der Waals surface area (Å²) in [5.41, 5.74) is 5.64. The highest BCUT2D eigenvalue weighted by Gasteiger charge is 2.17. The lowest BCUT2D eigenvalue weighted by molar-refractivity contribution is 0.405. The maximum atomic E-state index is 13.2. The number of hydrogen-bond donors (Lipinski definition) is 2. The van der Waals surface area contributed by atoms with Gasteiger partial charge in [-0.1, -0.05) is 35.4 Å². The van der Waals surface area contributed by atoms with E-state index in [4.69, 9.17) is 22.2 Å². The molecule has 0 heterocycles. The lowest BCUT2D eigenvalue weighted by Crippen LogP contribution is -2.30. The molecule has 21 heavy (non-hydrogen) atoms. The van der Waals surface area contributed by atoms with Gasteiger partial charge >= 0.3 is 0 Å². The number of halogens is 2. The molecule has 0 saturated carbocycles. The zero-order chi connectivity index (χ0) is 15.4. The second-order valence-electron chi connectivity index (χ2n) is 4.90. The van der Waals surface area contributed by atoms with Crippen molar-refractivity contribution < 1.29 is 9.13 Å². The van der Waals surface area contributed by atoms with E-state index in [9.17, 15) is 4.39 Å². The molecule has 0 aliphatic carbocycles. The Balaban J connectivity index is 2.33. The van der Waals surface area contributed by atoms with Crippen molar-refractivity contribution >= 4 is 11.6 Å². The van der Waals surface area contributed by atoms with Crippen molar-refractivity contribution in [3.8, 4) is 5.75 Å². The van der Waals surface area contributed by atoms with E-state index in [0.717, 1.165) is 22.4 Å². The van der Waals surface area contributed by atoms with Crippen LogP contribution in [0.25, 0.3) is 0 Å². The first-order chi connectivity index (χ1) is 10.0. The van der Waals surface area contributed by atoms with Crippen LogP contribution in [0.4, 0.5) is 4.39 Å². The topological polar surface area (TPSA) is 47.3 Å². The van der Waals surface area contributed by atoms with Gasteiger partial charge in [0.1, 0.15) is 11.6 Å². The molecule has 0 aliphatic rings. The number of ether oxygens (including phenoxy) is 1. The Kier molecular flexibility index (Phi) is 5.17. The molecule has 3 N–H and O–H groups in total. The molecular weight excluding hydrogens is 291 g/mol. The van der Waals surface area contributed by atoms with E-state index in [1.165, 1.54) is 12.1 Å². The fraction of sp³-hybridized carbons (Fsp3) is 0.250. The van der Waals surface area contributed by atoms with E-state index in [-0.39, 0.29) is 11.9 Å². The number of hydrazine groups is 1. The van der Waals surface area contributed by atoms with Crippen molar-refractivity contribution in [3.05, 3.63) is 63.9 Å². The third-order valence-electron chi connectivity index (χ3n) is 3.40. The van der Waals surface area contributed by atoms with Crippen molar-refractivity contribution in [2.75, 3.05) is 7.11 Å². The van der Waals surface area contributed by atoms with Gasteiger partial charge in [-0.25, -0.2) is 4.39 Å². The summed E-state index contributed by atoms with van der Waals surface area (Å²) in [6.07, 6.45) is 0.590. The van der Waals surface area contributed by atoms with Gasteiger partial charge in [0.05, 0.1) is 13.2 Å². The molecule has 0 saturated heterocycles. The summed E-state index contributed by atoms with van der Waals surface area (Å²) >= 11 is 6.11. The summed E-state index contributed by atoms with van der Waals surface area (Å²) < 4.78 is 18.5. The van der Waals surface area contributed by atoms with Crippen molar-refractivity contribution in [2.45, 2.75) is 19.4 Å². The highest BCUT2D eigenvalue weighted by atomic mass is 35.5. The maximum absolute atomic E-state index is 13.2. The van der Waals surface area contributed by atoms with Crippen LogP contribution in [-0.4, -0.2) is 7.11 Å². The molecule has 0 bridgehead atoms. The summed E-state index contributed by atoms with van der Waals surface area (Å²) in [4.78, 5) is 0. The highest BCUT2D eigenvalue weighted by molar-refractivity contribution is 6.31. The summed E-state index contributed by atoms with van der Waals surface area (Å²) in [6.45, 7) is 2.01. The van der Waals surface area contributed by atoms with Crippen molar-refractivity contribution in [3.63, 3.8) is 0 Å². The predicted octanol–water partition coefficient (Wildman–Crippen LogP) is 3.54. The molecule has 5 heteroatoms. The van der Waals surface area contributed by atoms with E-state index in [2.05, 4.69) is 5.43 Å². The molecule has 112 valence electrons. The zero-order valence-corrected chi connectivity index (χ0v) is 12.7. The van der Waals surface area contributed by atoms with Crippen LogP contribution in [0.3, 0.4) is 0 Å². The van der Waals surface area contributed by atoms with E-state index in [0.29, 0.717) is 11.4 Å². The Bertz CT molecular complexity index is 634. The Labute approximate surface area is 128 Å². The number of hydrogen-bond acceptors (Lipinski definition) is 3. The summed E-state index contributed by atoms with van der Waals surface area (Å²) in [5, 5.41) is 0.351. The molecule has 2 aromatic rings. The Morgan fingerprint density at radius 2 is 2.05 bits per heavy atom. The average Bonchev–Trinajstić information content (AvgIpc) is 2.45. The lowest BCUT2D eigenvalue weighted by atomic mass is 9.97. The molecule has 3 nitrogen and oxygen atoms in total. The van der Waals surface area contributed by atoms with Crippen LogP contribution >= 0.6 is 11.6 Å². The van der Waals surface area contributed by atoms with Gasteiger partial charge in [0.2, 0.25) is 0 Å². The van der Waals surface area contributed by atoms with Crippen LogP contribution in [0, 0.1) is 12.7 Å². The van der Waals surface area contributed by atoms with Crippen molar-refractivity contribution in [1.29, 1.82) is 0 Å². The molecule has 0 amide bonds. The summed E-state index contributed by atoms with van der Waals surface area (Å²) in [6, 6.07) is 10.0. The minimum Gasteiger partial charge on any atom is -0.496 e. The normalized spacial score (nSPS) is 12.2. The Morgan fingerprint density at radius 3 is 2.67 bits per heavy atom. The van der Waals surface area contributed by atoms with Gasteiger partial charge in [0.15, 0.2) is 0 Å². The number of rotatable bonds is 5. The van der Waals surface area contributed by atoms with Crippen LogP contribution in [-0.2, 0) is 6.42 Å². The number of methoxy groups -OCH3 is 1. The van der Waals surface area contributed by atoms with Gasteiger partial charge in [-0.2, -0.15) is 0 Å². The Morgan fingerprint density at radius 1 is 1.29 bits per heavy atom. The zero-order valence-electron chi connectivity index (χ0n) is 12.0. The van der Waals surface area contributed by atoms with Crippen LogP contribution < -0.4 is 16.0 Å². The quantitative estimate of drug-likeness (QED) is 0.656. The first-order valence-corrected chi connectivity index (χ1v) is 6.97. The molecule has 1 atom stereocenters. The highest BCUT2D eigenvalue weighted by Crippen LogP contribution is 2.29. The Hall–Kier alpha value is -1.62. The monoisotopic (exact) mass is 308 g/mol. The molecule has 0 spiro atoms. The fourth-order valence-corrected chi connectivity index (χ4v) is 2.63. The second-order valence-corrected chi connectivity index (χ2v) is 5.31. The van der Waals surface area contributed by atoms with Crippen LogP contribution in [0.5, 0.6) is 5.75 Å². The molecule has 2 rings (SSSR count). The van der Waals surface area contributed by atoms with Crippen LogP contribution in [0.1, 0.15) is 22.7 Å². The summed E-state index contributed by atoms with van der Waals surface area (Å²) in [7, 11) is 1.63. The van der Waals surface area contributed by atoms with Crippen LogP contribution in [0.15, 0.2) is 36.4 Å². The predicted molar refractivity (Wildman–Crippen MR) is 82.9 cm³/mol. The molecule has 0 aromatic heterocycles. The van der Waals surface area contributed by atoms with Gasteiger partial charge in [-0.15, -0.1) is 0 Å². The minimum absolute atomic E-state index is 0.228. The standard InChI is InChI=1S/C16H18ClFN2O/c1-10-3-6-16(21-2)11(7-10)8-15(20-19)13-5-4-12(18)9-14(13)17/h3-7,9,15,20H,8,19H2,1-2H3. The third-order valence-corrected chi connectivity index (χ3v) is 3.73. The van der Waals surface area contributed by atoms with Gasteiger partial charge in [-0.05, 0) is 42.7 Å². The molecular formula is C16H18ClFN2O. The molecule has 2 aromatic carbocycles. The number of aryl methyl sites for hydroxylation is 1. The molecule has 0 radical (unpaired) electrons. The van der Waals surface area contributed by atoms with Gasteiger partial charge < -0.3 is 4.74 Å². The van der Waals surface area contributed by atoms with Gasteiger partial charge in [0, 0.05) is 5.02 Å². The van der Waals surface area contributed by atoms with Gasteiger partial charge in [-0.3, -0.25) is 11.3 Å². The second kappa shape index (κ2) is 6.89. The van der Waals surface area contributed by atoms with E-state index < -0.39 is 0 Å². The van der Waals surface area contributed by atoms with E-state index in [1.807, 2.05) is 25.1 Å². The number of benzene rings is 2. The third kappa shape index (κ3) is 3.73. The van der Waals surface area contributed by atoms with E-state index in [1.54, 1.807) is 13.2 Å². The molecule has 1 unspecified atom stereocenters. The largest absolute Gasteiger partial charge is 0.496 e. The minimum atomic E-state index is -0.368. The van der Waals surface area contributed by atoms with Crippen molar-refractivity contribution in [2.24, 2.45) is 5.84 Å². The first-order valence-electron chi connectivity index (χ1n) is 6.59. The maximum Gasteiger partial charge on any atom is 0.124 e. The SMILES string of the molecule is COc1ccc(C)cc1CC(NN)c1ccc(F)cc1Cl. The van der Waals surface area contributed by atoms with Gasteiger partial charge in [0.25, 0.3) is 0 Å². The molecule has 0 fully saturated rings. The van der Waals surface area contributed by atoms with Crippen molar-refractivity contribution in [1.82, 2.24) is 5.43 Å². The van der Waals surface area contributed by atoms with Crippen LogP contribution in [0.2, 0.25) is 5.02 Å². The number of nitrogens with two attached hydrogens (primary N) is 1. The number of nitrogens with one attached hydrogen (secondary N) is 1. The smallest absolute Gasteiger partial charge is 0.124 e. The summed E-state index contributed by atoms with van der Waals surface area (Å²) in [5.74, 6) is 6.07. The fourth-order valence-electron chi connectivity index (χ4n) is 2.33. The molecule has 0 aliphatic heterocycles. The average molecular weight is 309 g/mol.